The number of hydrogen-bond acceptors (Lipinski definition) is 6. The van der Waals surface area contributed by atoms with E-state index < -0.39 is 0 Å². The third-order valence-corrected chi connectivity index (χ3v) is 8.05. The van der Waals surface area contributed by atoms with Gasteiger partial charge in [-0.25, -0.2) is 0 Å². The summed E-state index contributed by atoms with van der Waals surface area (Å²) in [4.78, 5) is 2.68. The highest BCUT2D eigenvalue weighted by molar-refractivity contribution is 7.15. The molecule has 0 unspecified atom stereocenters. The molecular weight excluding hydrogens is 468 g/mol. The first-order valence-electron chi connectivity index (χ1n) is 14.4. The number of anilines is 1. The summed E-state index contributed by atoms with van der Waals surface area (Å²) in [5.41, 5.74) is 0. The van der Waals surface area contributed by atoms with Crippen molar-refractivity contribution in [3.8, 4) is 0 Å². The van der Waals surface area contributed by atoms with Crippen LogP contribution in [0.25, 0.3) is 0 Å². The van der Waals surface area contributed by atoms with Crippen molar-refractivity contribution in [3.63, 3.8) is 0 Å². The molecule has 1 fully saturated rings. The van der Waals surface area contributed by atoms with Crippen LogP contribution in [0.1, 0.15) is 121 Å². The van der Waals surface area contributed by atoms with Crippen LogP contribution >= 0.6 is 22.7 Å². The molecule has 6 heteroatoms. The topological polar surface area (TPSA) is 41.0 Å². The smallest absolute Gasteiger partial charge is 0.205 e. The molecule has 1 aliphatic rings. The van der Waals surface area contributed by atoms with Gasteiger partial charge >= 0.3 is 0 Å². The van der Waals surface area contributed by atoms with Gasteiger partial charge in [0.1, 0.15) is 5.01 Å². The Kier molecular flexibility index (Phi) is 22.6. The van der Waals surface area contributed by atoms with E-state index in [0.29, 0.717) is 0 Å². The summed E-state index contributed by atoms with van der Waals surface area (Å²) in [5, 5.41) is 16.4. The molecule has 0 aromatic carbocycles. The number of aryl methyl sites for hydroxylation is 1. The molecule has 4 nitrogen and oxygen atoms in total. The van der Waals surface area contributed by atoms with Gasteiger partial charge in [-0.05, 0) is 50.2 Å². The van der Waals surface area contributed by atoms with Crippen molar-refractivity contribution in [1.29, 1.82) is 0 Å². The lowest BCUT2D eigenvalue weighted by atomic mass is 10.0. The SMILES string of the molecule is CCN1CCCCCCCCCCCCCCCCCCC1.CNc1nnc(C)s1.c1ccsc1. The van der Waals surface area contributed by atoms with E-state index in [1.807, 2.05) is 36.9 Å². The van der Waals surface area contributed by atoms with Crippen molar-refractivity contribution in [2.45, 2.75) is 123 Å². The van der Waals surface area contributed by atoms with Gasteiger partial charge in [0.15, 0.2) is 0 Å². The zero-order valence-electron chi connectivity index (χ0n) is 23.1. The minimum absolute atomic E-state index is 0.877. The fourth-order valence-electron chi connectivity index (χ4n) is 4.37. The van der Waals surface area contributed by atoms with E-state index in [2.05, 4.69) is 27.3 Å². The number of hydrogen-bond donors (Lipinski definition) is 1. The molecule has 202 valence electrons. The van der Waals surface area contributed by atoms with Crippen LogP contribution in [-0.4, -0.2) is 41.8 Å². The zero-order chi connectivity index (χ0) is 25.2. The molecule has 0 amide bonds. The van der Waals surface area contributed by atoms with E-state index in [9.17, 15) is 0 Å². The fraction of sp³-hybridized carbons (Fsp3) is 0.793. The maximum absolute atomic E-state index is 3.79. The first-order valence-corrected chi connectivity index (χ1v) is 16.2. The molecule has 3 rings (SSSR count). The van der Waals surface area contributed by atoms with E-state index in [1.54, 1.807) is 22.7 Å². The number of aromatic nitrogens is 2. The molecule has 1 aliphatic heterocycles. The molecular formula is C29H54N4S2. The first kappa shape index (κ1) is 32.0. The fourth-order valence-corrected chi connectivity index (χ4v) is 5.37. The van der Waals surface area contributed by atoms with Crippen LogP contribution in [-0.2, 0) is 0 Å². The van der Waals surface area contributed by atoms with Gasteiger partial charge in [-0.2, -0.15) is 11.3 Å². The lowest BCUT2D eigenvalue weighted by molar-refractivity contribution is 0.273. The van der Waals surface area contributed by atoms with Crippen LogP contribution in [0.4, 0.5) is 5.13 Å². The van der Waals surface area contributed by atoms with E-state index in [0.717, 1.165) is 10.1 Å². The average molecular weight is 523 g/mol. The second-order valence-electron chi connectivity index (χ2n) is 9.61. The van der Waals surface area contributed by atoms with Gasteiger partial charge in [-0.3, -0.25) is 0 Å². The molecule has 2 aromatic rings. The van der Waals surface area contributed by atoms with Crippen LogP contribution in [0.3, 0.4) is 0 Å². The summed E-state index contributed by atoms with van der Waals surface area (Å²) < 4.78 is 0. The average Bonchev–Trinajstić information content (AvgIpc) is 3.59. The van der Waals surface area contributed by atoms with Gasteiger partial charge in [0.05, 0.1) is 0 Å². The van der Waals surface area contributed by atoms with Crippen molar-refractivity contribution in [1.82, 2.24) is 15.1 Å². The van der Waals surface area contributed by atoms with Crippen LogP contribution in [0.5, 0.6) is 0 Å². The van der Waals surface area contributed by atoms with E-state index in [-0.39, 0.29) is 0 Å². The predicted molar refractivity (Wildman–Crippen MR) is 159 cm³/mol. The number of nitrogens with one attached hydrogen (secondary N) is 1. The lowest BCUT2D eigenvalue weighted by Gasteiger charge is -2.20. The summed E-state index contributed by atoms with van der Waals surface area (Å²) in [5.74, 6) is 0. The molecule has 1 saturated heterocycles. The molecule has 0 spiro atoms. The van der Waals surface area contributed by atoms with Gasteiger partial charge in [0.25, 0.3) is 0 Å². The maximum Gasteiger partial charge on any atom is 0.205 e. The Morgan fingerprint density at radius 3 is 1.31 bits per heavy atom. The summed E-state index contributed by atoms with van der Waals surface area (Å²) >= 11 is 3.27. The highest BCUT2D eigenvalue weighted by atomic mass is 32.1. The van der Waals surface area contributed by atoms with Gasteiger partial charge in [0, 0.05) is 7.05 Å². The molecule has 0 saturated carbocycles. The Labute approximate surface area is 225 Å². The van der Waals surface area contributed by atoms with Crippen molar-refractivity contribution >= 4 is 27.8 Å². The van der Waals surface area contributed by atoms with Gasteiger partial charge in [-0.1, -0.05) is 127 Å². The molecule has 3 heterocycles. The van der Waals surface area contributed by atoms with Crippen molar-refractivity contribution < 1.29 is 0 Å². The second kappa shape index (κ2) is 24.7. The van der Waals surface area contributed by atoms with E-state index in [4.69, 9.17) is 0 Å². The quantitative estimate of drug-likeness (QED) is 0.426. The van der Waals surface area contributed by atoms with Gasteiger partial charge in [0.2, 0.25) is 5.13 Å². The van der Waals surface area contributed by atoms with Crippen LogP contribution < -0.4 is 5.32 Å². The van der Waals surface area contributed by atoms with Crippen LogP contribution in [0, 0.1) is 6.92 Å². The largest absolute Gasteiger partial charge is 0.363 e. The third kappa shape index (κ3) is 20.9. The minimum Gasteiger partial charge on any atom is -0.363 e. The first-order chi connectivity index (χ1) is 17.3. The van der Waals surface area contributed by atoms with Crippen molar-refractivity contribution in [3.05, 3.63) is 27.9 Å². The molecule has 0 aliphatic carbocycles. The molecule has 0 bridgehead atoms. The van der Waals surface area contributed by atoms with E-state index >= 15 is 0 Å². The molecule has 0 radical (unpaired) electrons. The van der Waals surface area contributed by atoms with Gasteiger partial charge < -0.3 is 10.2 Å². The number of rotatable bonds is 2. The standard InChI is InChI=1S/C21H43N.C4H7N3S.C4H4S/c1-2-22-20-18-16-14-12-10-8-6-4-3-5-7-9-11-13-15-17-19-21-22;1-3-6-7-4(5-2)8-3;1-2-4-5-3-1/h2-21H2,1H3;1-2H3,(H,5,7);1-4H. The minimum atomic E-state index is 0.877. The highest BCUT2D eigenvalue weighted by Crippen LogP contribution is 2.15. The Morgan fingerprint density at radius 1 is 0.686 bits per heavy atom. The number of nitrogens with zero attached hydrogens (tertiary/aromatic N) is 3. The maximum atomic E-state index is 3.79. The summed E-state index contributed by atoms with van der Waals surface area (Å²) in [6.45, 7) is 8.20. The molecule has 0 atom stereocenters. The lowest BCUT2D eigenvalue weighted by Crippen LogP contribution is -2.25. The Balaban J connectivity index is 0.000000377. The van der Waals surface area contributed by atoms with Crippen molar-refractivity contribution in [2.75, 3.05) is 32.0 Å². The number of thiophene rings is 1. The Hall–Kier alpha value is -0.980. The summed E-state index contributed by atoms with van der Waals surface area (Å²) in [7, 11) is 1.83. The summed E-state index contributed by atoms with van der Waals surface area (Å²) in [6, 6.07) is 4.04. The molecule has 2 aromatic heterocycles. The summed E-state index contributed by atoms with van der Waals surface area (Å²) in [6.07, 6.45) is 25.1. The molecule has 35 heavy (non-hydrogen) atoms. The second-order valence-corrected chi connectivity index (χ2v) is 11.6. The predicted octanol–water partition coefficient (Wildman–Crippen LogP) is 9.59. The van der Waals surface area contributed by atoms with Crippen LogP contribution in [0.15, 0.2) is 22.9 Å². The monoisotopic (exact) mass is 522 g/mol. The third-order valence-electron chi connectivity index (χ3n) is 6.56. The van der Waals surface area contributed by atoms with Crippen LogP contribution in [0.2, 0.25) is 0 Å². The Bertz CT molecular complexity index is 608. The normalized spacial score (nSPS) is 18.3. The van der Waals surface area contributed by atoms with Crippen molar-refractivity contribution in [2.24, 2.45) is 0 Å². The van der Waals surface area contributed by atoms with Gasteiger partial charge in [-0.15, -0.1) is 10.2 Å². The highest BCUT2D eigenvalue weighted by Gasteiger charge is 2.02. The van der Waals surface area contributed by atoms with E-state index in [1.165, 1.54) is 129 Å². The zero-order valence-corrected chi connectivity index (χ0v) is 24.7. The Morgan fingerprint density at radius 2 is 1.09 bits per heavy atom. The molecule has 1 N–H and O–H groups in total.